The van der Waals surface area contributed by atoms with Gasteiger partial charge in [-0.25, -0.2) is 4.57 Å². The molecular weight excluding hydrogens is 391 g/mol. The summed E-state index contributed by atoms with van der Waals surface area (Å²) < 4.78 is 13.7. The number of phosphoric ester groups is 1. The average molecular weight is 428 g/mol. The van der Waals surface area contributed by atoms with Gasteiger partial charge in [-0.3, -0.25) is 14.6 Å². The van der Waals surface area contributed by atoms with E-state index in [1.54, 1.807) is 0 Å². The number of aliphatic hydroxyl groups excluding tert-OH is 3. The molecule has 2 fully saturated rings. The Balaban J connectivity index is 0.000000431. The zero-order valence-electron chi connectivity index (χ0n) is 16.4. The molecule has 0 aromatic carbocycles. The van der Waals surface area contributed by atoms with E-state index in [2.05, 4.69) is 4.52 Å². The van der Waals surface area contributed by atoms with E-state index in [9.17, 15) is 9.36 Å². The highest BCUT2D eigenvalue weighted by Gasteiger charge is 2.25. The number of rotatable bonds is 5. The summed E-state index contributed by atoms with van der Waals surface area (Å²) in [7, 11) is -4.92. The normalized spacial score (nSPS) is 20.7. The molecule has 0 aromatic heterocycles. The Morgan fingerprint density at radius 3 is 1.54 bits per heavy atom. The predicted octanol–water partition coefficient (Wildman–Crippen LogP) is 0.282. The van der Waals surface area contributed by atoms with Crippen molar-refractivity contribution >= 4 is 13.8 Å². The molecule has 0 unspecified atom stereocenters. The number of phosphoric acid groups is 1. The third-order valence-electron chi connectivity index (χ3n) is 4.53. The lowest BCUT2D eigenvalue weighted by atomic mass is 9.97. The quantitative estimate of drug-likeness (QED) is 0.299. The highest BCUT2D eigenvalue weighted by Crippen LogP contribution is 2.36. The Morgan fingerprint density at radius 1 is 0.893 bits per heavy atom. The summed E-state index contributed by atoms with van der Waals surface area (Å²) in [5, 5.41) is 26.0. The van der Waals surface area contributed by atoms with Crippen LogP contribution in [0.25, 0.3) is 0 Å². The standard InChI is InChI=1S/2C6H13N.C5H11O8P/c2*7-6-4-2-1-3-5-6;6-2-4(8)3(7)1-5(9)13-14(10,11)12/h2*6H,1-5,7H2;3-4,6-8H,1-2H2,(H2,10,11,12)/t;;3-,4+/m..0/s1. The second-order valence-corrected chi connectivity index (χ2v) is 8.44. The Kier molecular flexibility index (Phi) is 15.0. The first-order valence-corrected chi connectivity index (χ1v) is 11.3. The van der Waals surface area contributed by atoms with Crippen LogP contribution in [0, 0.1) is 0 Å². The van der Waals surface area contributed by atoms with Gasteiger partial charge in [0.2, 0.25) is 0 Å². The minimum atomic E-state index is -4.92. The van der Waals surface area contributed by atoms with Gasteiger partial charge in [-0.1, -0.05) is 38.5 Å². The molecular formula is C17H37N2O8P. The van der Waals surface area contributed by atoms with Crippen molar-refractivity contribution in [3.05, 3.63) is 0 Å². The Hall–Kier alpha value is -0.580. The van der Waals surface area contributed by atoms with Crippen LogP contribution in [-0.2, 0) is 13.9 Å². The van der Waals surface area contributed by atoms with Crippen molar-refractivity contribution in [2.75, 3.05) is 6.61 Å². The van der Waals surface area contributed by atoms with Gasteiger partial charge >= 0.3 is 13.8 Å². The SMILES string of the molecule is NC1CCCCC1.NC1CCCCC1.O=C(C[C@H](O)[C@H](O)CO)OP(=O)(O)O. The van der Waals surface area contributed by atoms with Crippen LogP contribution < -0.4 is 11.5 Å². The zero-order valence-corrected chi connectivity index (χ0v) is 17.3. The van der Waals surface area contributed by atoms with Crippen molar-refractivity contribution in [1.29, 1.82) is 0 Å². The third kappa shape index (κ3) is 16.4. The van der Waals surface area contributed by atoms with Gasteiger partial charge in [0.15, 0.2) is 0 Å². The number of hydrogen-bond donors (Lipinski definition) is 7. The maximum absolute atomic E-state index is 10.6. The molecule has 2 saturated carbocycles. The fourth-order valence-electron chi connectivity index (χ4n) is 2.87. The van der Waals surface area contributed by atoms with Crippen LogP contribution >= 0.6 is 7.82 Å². The van der Waals surface area contributed by atoms with Gasteiger partial charge in [0.1, 0.15) is 6.10 Å². The second-order valence-electron chi connectivity index (χ2n) is 7.27. The van der Waals surface area contributed by atoms with Crippen molar-refractivity contribution < 1.29 is 39.0 Å². The van der Waals surface area contributed by atoms with Crippen molar-refractivity contribution in [2.24, 2.45) is 11.5 Å². The molecule has 0 bridgehead atoms. The number of aliphatic hydroxyl groups is 3. The van der Waals surface area contributed by atoms with Crippen LogP contribution in [-0.4, -0.2) is 62.0 Å². The van der Waals surface area contributed by atoms with E-state index in [-0.39, 0.29) is 0 Å². The van der Waals surface area contributed by atoms with E-state index < -0.39 is 39.0 Å². The molecule has 0 amide bonds. The van der Waals surface area contributed by atoms with Crippen LogP contribution in [0.2, 0.25) is 0 Å². The van der Waals surface area contributed by atoms with E-state index in [1.807, 2.05) is 0 Å². The molecule has 9 N–H and O–H groups in total. The van der Waals surface area contributed by atoms with Crippen LogP contribution in [0.15, 0.2) is 0 Å². The van der Waals surface area contributed by atoms with Gasteiger partial charge in [-0.2, -0.15) is 0 Å². The van der Waals surface area contributed by atoms with E-state index in [0.717, 1.165) is 0 Å². The average Bonchev–Trinajstić information content (AvgIpc) is 2.61. The van der Waals surface area contributed by atoms with E-state index in [1.165, 1.54) is 64.2 Å². The molecule has 2 atom stereocenters. The zero-order chi connectivity index (χ0) is 21.6. The first kappa shape index (κ1) is 27.4. The fraction of sp³-hybridized carbons (Fsp3) is 0.941. The molecule has 0 aromatic rings. The molecule has 0 heterocycles. The molecule has 28 heavy (non-hydrogen) atoms. The topological polar surface area (TPSA) is 197 Å². The van der Waals surface area contributed by atoms with Gasteiger partial charge in [-0.05, 0) is 25.7 Å². The van der Waals surface area contributed by atoms with Crippen molar-refractivity contribution in [3.63, 3.8) is 0 Å². The lowest BCUT2D eigenvalue weighted by Gasteiger charge is -2.15. The summed E-state index contributed by atoms with van der Waals surface area (Å²) in [4.78, 5) is 27.0. The largest absolute Gasteiger partial charge is 0.526 e. The first-order valence-electron chi connectivity index (χ1n) is 9.81. The molecule has 0 aliphatic heterocycles. The van der Waals surface area contributed by atoms with Crippen LogP contribution in [0.5, 0.6) is 0 Å². The summed E-state index contributed by atoms with van der Waals surface area (Å²) in [6.45, 7) is -0.773. The minimum Gasteiger partial charge on any atom is -0.394 e. The minimum absolute atomic E-state index is 0.536. The lowest BCUT2D eigenvalue weighted by molar-refractivity contribution is -0.140. The van der Waals surface area contributed by atoms with Crippen molar-refractivity contribution in [2.45, 2.75) is 94.9 Å². The molecule has 10 nitrogen and oxygen atoms in total. The van der Waals surface area contributed by atoms with Crippen LogP contribution in [0.1, 0.15) is 70.6 Å². The van der Waals surface area contributed by atoms with Gasteiger partial charge in [0.05, 0.1) is 19.1 Å². The van der Waals surface area contributed by atoms with Gasteiger partial charge in [0.25, 0.3) is 0 Å². The molecule has 168 valence electrons. The maximum atomic E-state index is 10.6. The summed E-state index contributed by atoms with van der Waals surface area (Å²) in [6.07, 6.45) is 9.33. The Morgan fingerprint density at radius 2 is 1.29 bits per heavy atom. The first-order chi connectivity index (χ1) is 13.0. The fourth-order valence-corrected chi connectivity index (χ4v) is 3.21. The smallest absolute Gasteiger partial charge is 0.394 e. The van der Waals surface area contributed by atoms with E-state index in [4.69, 9.17) is 36.6 Å². The predicted molar refractivity (Wildman–Crippen MR) is 104 cm³/mol. The van der Waals surface area contributed by atoms with E-state index >= 15 is 0 Å². The molecule has 11 heteroatoms. The number of hydrogen-bond acceptors (Lipinski definition) is 8. The van der Waals surface area contributed by atoms with Crippen LogP contribution in [0.4, 0.5) is 0 Å². The summed E-state index contributed by atoms with van der Waals surface area (Å²) >= 11 is 0. The Bertz CT molecular complexity index is 434. The third-order valence-corrected chi connectivity index (χ3v) is 4.97. The van der Waals surface area contributed by atoms with Crippen LogP contribution in [0.3, 0.4) is 0 Å². The van der Waals surface area contributed by atoms with Crippen molar-refractivity contribution in [1.82, 2.24) is 0 Å². The van der Waals surface area contributed by atoms with E-state index in [0.29, 0.717) is 12.1 Å². The lowest BCUT2D eigenvalue weighted by Crippen LogP contribution is -2.31. The highest BCUT2D eigenvalue weighted by molar-refractivity contribution is 7.46. The summed E-state index contributed by atoms with van der Waals surface area (Å²) in [5.74, 6) is -1.36. The maximum Gasteiger partial charge on any atom is 0.526 e. The van der Waals surface area contributed by atoms with Crippen molar-refractivity contribution in [3.8, 4) is 0 Å². The van der Waals surface area contributed by atoms with Gasteiger partial charge in [0, 0.05) is 12.1 Å². The number of nitrogens with two attached hydrogens (primary N) is 2. The number of carbonyl (C=O) groups excluding carboxylic acids is 1. The molecule has 0 saturated heterocycles. The summed E-state index contributed by atoms with van der Waals surface area (Å²) in [5.41, 5.74) is 11.3. The molecule has 2 rings (SSSR count). The van der Waals surface area contributed by atoms with Gasteiger partial charge in [-0.15, -0.1) is 0 Å². The molecule has 2 aliphatic rings. The second kappa shape index (κ2) is 15.3. The Labute approximate surface area is 166 Å². The molecule has 0 spiro atoms. The highest BCUT2D eigenvalue weighted by atomic mass is 31.2. The molecule has 2 aliphatic carbocycles. The summed E-state index contributed by atoms with van der Waals surface area (Å²) in [6, 6.07) is 1.07. The molecule has 0 radical (unpaired) electrons. The monoisotopic (exact) mass is 428 g/mol. The van der Waals surface area contributed by atoms with Gasteiger partial charge < -0.3 is 31.3 Å². The number of carbonyl (C=O) groups is 1.